The number of sulfonamides is 1. The molecule has 0 aromatic carbocycles. The van der Waals surface area contributed by atoms with Crippen molar-refractivity contribution in [2.45, 2.75) is 50.2 Å². The predicted molar refractivity (Wildman–Crippen MR) is 95.3 cm³/mol. The van der Waals surface area contributed by atoms with E-state index in [2.05, 4.69) is 20.4 Å². The van der Waals surface area contributed by atoms with Crippen molar-refractivity contribution >= 4 is 21.5 Å². The lowest BCUT2D eigenvalue weighted by atomic mass is 9.70. The maximum absolute atomic E-state index is 14.5. The number of nitrogens with zero attached hydrogens (tertiary/aromatic N) is 5. The lowest BCUT2D eigenvalue weighted by molar-refractivity contribution is 0.186. The molecule has 2 aliphatic rings. The molecule has 2 atom stereocenters. The van der Waals surface area contributed by atoms with Crippen LogP contribution in [0.25, 0.3) is 5.52 Å². The summed E-state index contributed by atoms with van der Waals surface area (Å²) in [5.74, 6) is 0.106. The quantitative estimate of drug-likeness (QED) is 0.836. The first kappa shape index (κ1) is 18.5. The normalized spacial score (nSPS) is 26.1. The topological polar surface area (TPSA) is 92.5 Å². The summed E-state index contributed by atoms with van der Waals surface area (Å²) in [7, 11) is -3.42. The van der Waals surface area contributed by atoms with Crippen molar-refractivity contribution in [1.29, 1.82) is 0 Å². The molecule has 148 valence electrons. The molecule has 3 heterocycles. The highest BCUT2D eigenvalue weighted by Gasteiger charge is 2.39. The van der Waals surface area contributed by atoms with Crippen LogP contribution in [0, 0.1) is 5.95 Å². The zero-order chi connectivity index (χ0) is 19.4. The number of hydrogen-bond donors (Lipinski definition) is 1. The van der Waals surface area contributed by atoms with Crippen molar-refractivity contribution in [3.63, 3.8) is 0 Å². The molecule has 2 aromatic rings. The van der Waals surface area contributed by atoms with Gasteiger partial charge in [0.2, 0.25) is 21.9 Å². The van der Waals surface area contributed by atoms with Crippen molar-refractivity contribution in [1.82, 2.24) is 23.9 Å². The number of imidazole rings is 1. The lowest BCUT2D eigenvalue weighted by Gasteiger charge is -2.36. The fourth-order valence-corrected chi connectivity index (χ4v) is 4.60. The number of alkyl halides is 1. The molecule has 0 radical (unpaired) electrons. The Morgan fingerprint density at radius 2 is 2.11 bits per heavy atom. The minimum absolute atomic E-state index is 0.171. The molecule has 2 fully saturated rings. The first-order valence-corrected chi connectivity index (χ1v) is 10.8. The van der Waals surface area contributed by atoms with E-state index in [0.29, 0.717) is 12.2 Å². The second-order valence-electron chi connectivity index (χ2n) is 7.70. The van der Waals surface area contributed by atoms with Gasteiger partial charge in [-0.3, -0.25) is 0 Å². The molecule has 4 rings (SSSR count). The Morgan fingerprint density at radius 3 is 2.70 bits per heavy atom. The molecule has 1 N–H and O–H groups in total. The standard InChI is InChI=1S/C16H22F2N6O2S/c1-16(5-3-6-16)14-21-13(18)12-8-19-15(22-24(12)14)20-11-4-7-23(9-10(11)17)27(2,25)26/h8,10-11H,3-7,9H2,1-2H3,(H,20,22). The van der Waals surface area contributed by atoms with E-state index in [-0.39, 0.29) is 30.0 Å². The number of piperidine rings is 1. The van der Waals surface area contributed by atoms with Crippen LogP contribution in [0.1, 0.15) is 38.4 Å². The van der Waals surface area contributed by atoms with Crippen molar-refractivity contribution in [3.05, 3.63) is 18.0 Å². The maximum atomic E-state index is 14.5. The highest BCUT2D eigenvalue weighted by molar-refractivity contribution is 7.88. The Kier molecular flexibility index (Phi) is 4.34. The van der Waals surface area contributed by atoms with Crippen LogP contribution in [0.15, 0.2) is 6.20 Å². The third-order valence-electron chi connectivity index (χ3n) is 5.63. The van der Waals surface area contributed by atoms with Crippen LogP contribution in [0.2, 0.25) is 0 Å². The van der Waals surface area contributed by atoms with E-state index in [1.807, 2.05) is 6.92 Å². The number of aromatic nitrogens is 4. The van der Waals surface area contributed by atoms with Gasteiger partial charge in [0.1, 0.15) is 17.5 Å². The average Bonchev–Trinajstić information content (AvgIpc) is 2.90. The number of hydrogen-bond acceptors (Lipinski definition) is 6. The van der Waals surface area contributed by atoms with Crippen molar-refractivity contribution in [3.8, 4) is 0 Å². The van der Waals surface area contributed by atoms with Gasteiger partial charge in [0.15, 0.2) is 0 Å². The predicted octanol–water partition coefficient (Wildman–Crippen LogP) is 1.49. The number of fused-ring (bicyclic) bond motifs is 1. The number of anilines is 1. The fraction of sp³-hybridized carbons (Fsp3) is 0.688. The van der Waals surface area contributed by atoms with Crippen LogP contribution in [0.3, 0.4) is 0 Å². The number of halogens is 2. The lowest BCUT2D eigenvalue weighted by Crippen LogP contribution is -2.49. The Bertz CT molecular complexity index is 975. The van der Waals surface area contributed by atoms with Crippen LogP contribution in [0.4, 0.5) is 14.7 Å². The molecule has 1 saturated heterocycles. The van der Waals surface area contributed by atoms with Gasteiger partial charge in [0.05, 0.1) is 18.5 Å². The second kappa shape index (κ2) is 6.33. The first-order chi connectivity index (χ1) is 12.7. The molecule has 27 heavy (non-hydrogen) atoms. The SMILES string of the molecule is CC1(c2nc(F)c3cnc(NC4CCN(S(C)(=O)=O)CC4F)nn23)CCC1. The van der Waals surface area contributed by atoms with E-state index >= 15 is 0 Å². The van der Waals surface area contributed by atoms with Gasteiger partial charge >= 0.3 is 0 Å². The van der Waals surface area contributed by atoms with E-state index in [9.17, 15) is 17.2 Å². The Balaban J connectivity index is 1.57. The molecule has 0 spiro atoms. The molecule has 1 aliphatic carbocycles. The van der Waals surface area contributed by atoms with Gasteiger partial charge in [0, 0.05) is 18.5 Å². The highest BCUT2D eigenvalue weighted by atomic mass is 32.2. The monoisotopic (exact) mass is 400 g/mol. The minimum atomic E-state index is -3.42. The minimum Gasteiger partial charge on any atom is -0.347 e. The number of nitrogens with one attached hydrogen (secondary N) is 1. The summed E-state index contributed by atoms with van der Waals surface area (Å²) >= 11 is 0. The van der Waals surface area contributed by atoms with Gasteiger partial charge in [-0.2, -0.15) is 8.70 Å². The third-order valence-corrected chi connectivity index (χ3v) is 6.90. The van der Waals surface area contributed by atoms with Gasteiger partial charge in [-0.05, 0) is 19.3 Å². The van der Waals surface area contributed by atoms with Gasteiger partial charge < -0.3 is 5.32 Å². The number of rotatable bonds is 4. The van der Waals surface area contributed by atoms with Crippen LogP contribution in [-0.4, -0.2) is 63.9 Å². The van der Waals surface area contributed by atoms with E-state index in [0.717, 1.165) is 29.8 Å². The van der Waals surface area contributed by atoms with Gasteiger partial charge in [-0.1, -0.05) is 13.3 Å². The van der Waals surface area contributed by atoms with Crippen molar-refractivity contribution in [2.75, 3.05) is 24.7 Å². The van der Waals surface area contributed by atoms with E-state index < -0.39 is 28.2 Å². The second-order valence-corrected chi connectivity index (χ2v) is 9.68. The summed E-state index contributed by atoms with van der Waals surface area (Å²) in [6.07, 6.45) is 4.19. The fourth-order valence-electron chi connectivity index (χ4n) is 3.75. The zero-order valence-corrected chi connectivity index (χ0v) is 16.0. The molecule has 2 aromatic heterocycles. The van der Waals surface area contributed by atoms with Crippen molar-refractivity contribution < 1.29 is 17.2 Å². The Morgan fingerprint density at radius 1 is 1.37 bits per heavy atom. The van der Waals surface area contributed by atoms with E-state index in [4.69, 9.17) is 0 Å². The molecule has 1 aliphatic heterocycles. The Labute approximate surface area is 156 Å². The van der Waals surface area contributed by atoms with Gasteiger partial charge in [-0.15, -0.1) is 5.10 Å². The van der Waals surface area contributed by atoms with Crippen LogP contribution in [-0.2, 0) is 15.4 Å². The molecular formula is C16H22F2N6O2S. The highest BCUT2D eigenvalue weighted by Crippen LogP contribution is 2.42. The van der Waals surface area contributed by atoms with E-state index in [1.54, 1.807) is 0 Å². The molecule has 0 amide bonds. The first-order valence-electron chi connectivity index (χ1n) is 8.95. The molecule has 1 saturated carbocycles. The van der Waals surface area contributed by atoms with Crippen molar-refractivity contribution in [2.24, 2.45) is 0 Å². The summed E-state index contributed by atoms with van der Waals surface area (Å²) < 4.78 is 54.3. The molecular weight excluding hydrogens is 378 g/mol. The largest absolute Gasteiger partial charge is 0.347 e. The zero-order valence-electron chi connectivity index (χ0n) is 15.2. The van der Waals surface area contributed by atoms with Crippen LogP contribution < -0.4 is 5.32 Å². The van der Waals surface area contributed by atoms with Crippen LogP contribution >= 0.6 is 0 Å². The molecule has 11 heteroatoms. The maximum Gasteiger partial charge on any atom is 0.242 e. The third kappa shape index (κ3) is 3.27. The summed E-state index contributed by atoms with van der Waals surface area (Å²) in [5.41, 5.74) is -0.0325. The molecule has 0 bridgehead atoms. The van der Waals surface area contributed by atoms with Crippen LogP contribution in [0.5, 0.6) is 0 Å². The summed E-state index contributed by atoms with van der Waals surface area (Å²) in [5, 5.41) is 7.26. The summed E-state index contributed by atoms with van der Waals surface area (Å²) in [4.78, 5) is 8.12. The average molecular weight is 400 g/mol. The van der Waals surface area contributed by atoms with Gasteiger partial charge in [-0.25, -0.2) is 27.3 Å². The van der Waals surface area contributed by atoms with Gasteiger partial charge in [0.25, 0.3) is 0 Å². The molecule has 2 unspecified atom stereocenters. The Hall–Kier alpha value is -1.88. The summed E-state index contributed by atoms with van der Waals surface area (Å²) in [6, 6.07) is -0.614. The molecule has 8 nitrogen and oxygen atoms in total. The van der Waals surface area contributed by atoms with E-state index in [1.165, 1.54) is 10.7 Å². The summed E-state index contributed by atoms with van der Waals surface area (Å²) in [6.45, 7) is 2.04. The smallest absolute Gasteiger partial charge is 0.242 e.